The van der Waals surface area contributed by atoms with Crippen LogP contribution >= 0.6 is 0 Å². The highest BCUT2D eigenvalue weighted by Crippen LogP contribution is 2.38. The summed E-state index contributed by atoms with van der Waals surface area (Å²) in [6.45, 7) is 17.8. The van der Waals surface area contributed by atoms with Crippen molar-refractivity contribution >= 4 is 22.7 Å². The Morgan fingerprint density at radius 2 is 1.03 bits per heavy atom. The van der Waals surface area contributed by atoms with Gasteiger partial charge in [0.1, 0.15) is 41.5 Å². The molecule has 108 heavy (non-hydrogen) atoms. The molecule has 4 aliphatic heterocycles. The van der Waals surface area contributed by atoms with Crippen LogP contribution in [-0.2, 0) is 0 Å². The van der Waals surface area contributed by atoms with E-state index in [2.05, 4.69) is 156 Å². The molecule has 0 aliphatic carbocycles. The topological polar surface area (TPSA) is 383 Å². The largest absolute Gasteiger partial charge is 0.507 e. The van der Waals surface area contributed by atoms with Gasteiger partial charge in [0.15, 0.2) is 5.82 Å². The number of likely N-dealkylation sites (N-methyl/N-ethyl adjacent to an activating group) is 1. The lowest BCUT2D eigenvalue weighted by molar-refractivity contribution is -0.384. The summed E-state index contributed by atoms with van der Waals surface area (Å²) in [5.74, 6) is 1.79. The number of aromatic amines is 3. The quantitative estimate of drug-likeness (QED) is 0.0317. The third-order valence-electron chi connectivity index (χ3n) is 19.4. The number of H-pyrrole nitrogens is 3. The SMILES string of the molecule is CC1(C)CC(Oc2ccc(-c3ccc(-n4cc([N+](=O)[O-])cn4)cc3O)nn2)CC(C)(C)N1.CCN1CC=C(c2ccc(-c3ccc(-c4cn[nH]c4)cc3O)nn2)CC1.CN(c1ccc(-c2ccc(-c3cn[nH]c3)cc2O)nn1)C1CCNCC1.Oc1cc(-c2cn[nH]c2)ccc1-c1ccc(C2=CCNCC2)nn1. The Kier molecular flexibility index (Phi) is 22.8. The van der Waals surface area contributed by atoms with Crippen LogP contribution < -0.4 is 25.6 Å². The first-order chi connectivity index (χ1) is 52.3. The Morgan fingerprint density at radius 3 is 1.44 bits per heavy atom. The van der Waals surface area contributed by atoms with Crippen molar-refractivity contribution in [1.82, 2.24) is 102 Å². The first kappa shape index (κ1) is 73.9. The molecular weight excluding hydrogens is 1370 g/mol. The molecule has 0 spiro atoms. The Hall–Kier alpha value is -12.4. The van der Waals surface area contributed by atoms with E-state index >= 15 is 0 Å². The predicted octanol–water partition coefficient (Wildman–Crippen LogP) is 12.0. The van der Waals surface area contributed by atoms with E-state index in [1.807, 2.05) is 72.8 Å². The number of nitrogens with one attached hydrogen (secondary N) is 6. The first-order valence-electron chi connectivity index (χ1n) is 35.9. The van der Waals surface area contributed by atoms with Gasteiger partial charge in [0.25, 0.3) is 0 Å². The Balaban J connectivity index is 0.000000128. The van der Waals surface area contributed by atoms with Crippen molar-refractivity contribution in [2.45, 2.75) is 96.4 Å². The van der Waals surface area contributed by atoms with E-state index in [0.717, 1.165) is 141 Å². The van der Waals surface area contributed by atoms with Crippen LogP contribution in [0, 0.1) is 10.1 Å². The monoisotopic (exact) mass is 1450 g/mol. The zero-order chi connectivity index (χ0) is 75.3. The molecule has 4 aromatic carbocycles. The molecule has 554 valence electrons. The molecule has 0 atom stereocenters. The average molecular weight is 1460 g/mol. The molecule has 29 nitrogen and oxygen atoms in total. The van der Waals surface area contributed by atoms with Gasteiger partial charge in [-0.1, -0.05) is 37.3 Å². The van der Waals surface area contributed by atoms with Gasteiger partial charge in [-0.15, -0.1) is 30.6 Å². The van der Waals surface area contributed by atoms with Crippen molar-refractivity contribution in [3.63, 3.8) is 0 Å². The van der Waals surface area contributed by atoms with E-state index in [0.29, 0.717) is 62.6 Å². The molecule has 8 aromatic heterocycles. The predicted molar refractivity (Wildman–Crippen MR) is 412 cm³/mol. The highest BCUT2D eigenvalue weighted by atomic mass is 16.6. The number of phenolic OH excluding ortho intramolecular Hbond substituents is 4. The van der Waals surface area contributed by atoms with Gasteiger partial charge in [-0.3, -0.25) is 30.3 Å². The van der Waals surface area contributed by atoms with Crippen molar-refractivity contribution < 1.29 is 30.1 Å². The number of nitro groups is 1. The summed E-state index contributed by atoms with van der Waals surface area (Å²) in [5, 5.41) is 121. The number of nitrogens with zero attached hydrogens (tertiary/aromatic N) is 16. The van der Waals surface area contributed by atoms with E-state index in [4.69, 9.17) is 4.74 Å². The first-order valence-corrected chi connectivity index (χ1v) is 35.9. The second kappa shape index (κ2) is 33.3. The molecule has 0 unspecified atom stereocenters. The van der Waals surface area contributed by atoms with Crippen molar-refractivity contribution in [2.75, 3.05) is 57.8 Å². The number of benzene rings is 4. The van der Waals surface area contributed by atoms with Crippen molar-refractivity contribution in [1.29, 1.82) is 0 Å². The van der Waals surface area contributed by atoms with Gasteiger partial charge in [0, 0.05) is 126 Å². The molecule has 0 amide bonds. The van der Waals surface area contributed by atoms with E-state index < -0.39 is 4.92 Å². The van der Waals surface area contributed by atoms with Crippen LogP contribution in [0.5, 0.6) is 28.9 Å². The van der Waals surface area contributed by atoms with E-state index in [9.17, 15) is 30.5 Å². The van der Waals surface area contributed by atoms with Crippen LogP contribution in [-0.4, -0.2) is 187 Å². The smallest absolute Gasteiger partial charge is 0.307 e. The number of hydrogen-bond donors (Lipinski definition) is 10. The lowest BCUT2D eigenvalue weighted by Gasteiger charge is -2.46. The molecule has 10 N–H and O–H groups in total. The van der Waals surface area contributed by atoms with E-state index in [1.54, 1.807) is 79.6 Å². The zero-order valence-corrected chi connectivity index (χ0v) is 60.8. The van der Waals surface area contributed by atoms with Crippen LogP contribution in [0.1, 0.15) is 84.5 Å². The summed E-state index contributed by atoms with van der Waals surface area (Å²) in [6.07, 6.45) is 23.2. The summed E-state index contributed by atoms with van der Waals surface area (Å²) in [4.78, 5) is 14.9. The third kappa shape index (κ3) is 18.3. The normalized spacial score (nSPS) is 15.7. The van der Waals surface area contributed by atoms with Crippen molar-refractivity contribution in [2.24, 2.45) is 0 Å². The number of phenols is 4. The highest BCUT2D eigenvalue weighted by molar-refractivity contribution is 5.77. The maximum Gasteiger partial charge on any atom is 0.307 e. The van der Waals surface area contributed by atoms with E-state index in [1.165, 1.54) is 28.1 Å². The number of hydrogen-bond acceptors (Lipinski definition) is 24. The molecule has 29 heteroatoms. The molecule has 2 fully saturated rings. The number of rotatable bonds is 16. The van der Waals surface area contributed by atoms with Crippen molar-refractivity contribution in [3.8, 4) is 113 Å². The maximum atomic E-state index is 10.8. The van der Waals surface area contributed by atoms with Gasteiger partial charge < -0.3 is 46.0 Å². The molecule has 4 aliphatic rings. The second-order valence-electron chi connectivity index (χ2n) is 28.1. The van der Waals surface area contributed by atoms with Gasteiger partial charge in [-0.2, -0.15) is 30.6 Å². The Morgan fingerprint density at radius 1 is 0.546 bits per heavy atom. The maximum absolute atomic E-state index is 10.8. The minimum atomic E-state index is -0.525. The Bertz CT molecular complexity index is 5030. The lowest BCUT2D eigenvalue weighted by Crippen LogP contribution is -2.60. The molecular formula is C79H86N22O7. The number of anilines is 1. The fourth-order valence-corrected chi connectivity index (χ4v) is 13.9. The Labute approximate surface area is 623 Å². The van der Waals surface area contributed by atoms with E-state index in [-0.39, 0.29) is 45.9 Å². The minimum absolute atomic E-state index is 0.0206. The molecule has 2 saturated heterocycles. The molecule has 0 radical (unpaired) electrons. The summed E-state index contributed by atoms with van der Waals surface area (Å²) in [7, 11) is 2.07. The molecule has 12 heterocycles. The van der Waals surface area contributed by atoms with Gasteiger partial charge in [-0.25, -0.2) is 4.68 Å². The van der Waals surface area contributed by atoms with Crippen LogP contribution in [0.2, 0.25) is 0 Å². The van der Waals surface area contributed by atoms with Gasteiger partial charge in [0.05, 0.1) is 63.4 Å². The molecule has 0 bridgehead atoms. The highest BCUT2D eigenvalue weighted by Gasteiger charge is 2.39. The number of aromatic hydroxyl groups is 4. The van der Waals surface area contributed by atoms with Gasteiger partial charge in [0.2, 0.25) is 5.88 Å². The van der Waals surface area contributed by atoms with Crippen LogP contribution in [0.15, 0.2) is 183 Å². The fourth-order valence-electron chi connectivity index (χ4n) is 13.9. The minimum Gasteiger partial charge on any atom is -0.507 e. The van der Waals surface area contributed by atoms with Crippen molar-refractivity contribution in [3.05, 3.63) is 205 Å². The van der Waals surface area contributed by atoms with Crippen LogP contribution in [0.4, 0.5) is 11.5 Å². The van der Waals surface area contributed by atoms with Gasteiger partial charge >= 0.3 is 5.69 Å². The third-order valence-corrected chi connectivity index (χ3v) is 19.4. The molecule has 0 saturated carbocycles. The van der Waals surface area contributed by atoms with Crippen LogP contribution in [0.3, 0.4) is 0 Å². The summed E-state index contributed by atoms with van der Waals surface area (Å²) >= 11 is 0. The summed E-state index contributed by atoms with van der Waals surface area (Å²) < 4.78 is 7.43. The zero-order valence-electron chi connectivity index (χ0n) is 60.8. The van der Waals surface area contributed by atoms with Crippen LogP contribution in [0.25, 0.3) is 95.2 Å². The number of piperidine rings is 2. The fraction of sp³-hybridized carbons (Fsp3) is 0.291. The average Bonchev–Trinajstić information content (AvgIpc) is 1.21. The number of aromatic nitrogens is 16. The molecule has 12 aromatic rings. The number of ether oxygens (including phenoxy) is 1. The standard InChI is InChI=1S/C22H26N6O4.C20H21N5O.C19H22N6O.C18H17N5O/c1-21(2)10-16(11-22(3,4)26-21)32-20-8-7-18(24-25-20)17-6-5-14(9-19(17)29)27-13-15(12-23-27)28(30)31;1-2-25-9-7-14(8-10-25)18-5-6-19(24-23-18)17-4-3-15(11-20(17)26)16-12-21-22-13-16;1-25(15-6-8-20-9-7-15)19-5-4-17(23-24-19)16-3-2-13(10-18(16)26)14-11-21-22-12-14;24-18-9-13(14-10-20-21-11-14)1-2-15(18)17-4-3-16(22-23-17)12-5-7-19-8-6-12/h5-9,12-13,16,26,29H,10-11H2,1-4H3;3-7,11-13,26H,2,8-10H2,1H3,(H,21,22);2-5,10-12,15,20,26H,6-9H2,1H3,(H,21,22);1-5,9-11,19,24H,6-8H2,(H,20,21). The second-order valence-corrected chi connectivity index (χ2v) is 28.1. The lowest BCUT2D eigenvalue weighted by atomic mass is 9.81. The molecule has 16 rings (SSSR count). The summed E-state index contributed by atoms with van der Waals surface area (Å²) in [6, 6.07) is 37.0. The van der Waals surface area contributed by atoms with Gasteiger partial charge in [-0.05, 0) is 198 Å². The summed E-state index contributed by atoms with van der Waals surface area (Å²) in [5.41, 5.74) is 15.0.